The van der Waals surface area contributed by atoms with Crippen LogP contribution in [0.3, 0.4) is 0 Å². The zero-order chi connectivity index (χ0) is 21.6. The van der Waals surface area contributed by atoms with Crippen molar-refractivity contribution in [3.05, 3.63) is 76.0 Å². The van der Waals surface area contributed by atoms with E-state index in [1.807, 2.05) is 6.07 Å². The molecule has 0 saturated heterocycles. The van der Waals surface area contributed by atoms with E-state index in [2.05, 4.69) is 20.8 Å². The summed E-state index contributed by atoms with van der Waals surface area (Å²) in [6, 6.07) is 13.7. The summed E-state index contributed by atoms with van der Waals surface area (Å²) in [7, 11) is 1.56. The highest BCUT2D eigenvalue weighted by Crippen LogP contribution is 2.25. The lowest BCUT2D eigenvalue weighted by Gasteiger charge is -2.04. The largest absolute Gasteiger partial charge is 0.497 e. The Kier molecular flexibility index (Phi) is 6.20. The molecule has 31 heavy (non-hydrogen) atoms. The van der Waals surface area contributed by atoms with Gasteiger partial charge in [-0.15, -0.1) is 21.5 Å². The van der Waals surface area contributed by atoms with Crippen LogP contribution in [0.15, 0.2) is 59.2 Å². The fourth-order valence-electron chi connectivity index (χ4n) is 2.50. The van der Waals surface area contributed by atoms with Crippen LogP contribution in [0.25, 0.3) is 12.2 Å². The molecular formula is C21H16N4O4S2. The van der Waals surface area contributed by atoms with Gasteiger partial charge in [0.15, 0.2) is 0 Å². The lowest BCUT2D eigenvalue weighted by molar-refractivity contribution is 0.102. The van der Waals surface area contributed by atoms with Crippen LogP contribution in [0, 0.1) is 0 Å². The number of carbonyl (C=O) groups excluding carboxylic acids is 2. The van der Waals surface area contributed by atoms with E-state index in [1.165, 1.54) is 22.7 Å². The lowest BCUT2D eigenvalue weighted by atomic mass is 10.2. The highest BCUT2D eigenvalue weighted by molar-refractivity contribution is 7.18. The van der Waals surface area contributed by atoms with Crippen molar-refractivity contribution in [1.82, 2.24) is 10.2 Å². The zero-order valence-electron chi connectivity index (χ0n) is 16.2. The Bertz CT molecular complexity index is 1210. The third-order valence-corrected chi connectivity index (χ3v) is 5.82. The zero-order valence-corrected chi connectivity index (χ0v) is 17.8. The summed E-state index contributed by atoms with van der Waals surface area (Å²) in [5, 5.41) is 15.1. The Morgan fingerprint density at radius 3 is 2.55 bits per heavy atom. The molecule has 2 amide bonds. The number of amides is 2. The van der Waals surface area contributed by atoms with Gasteiger partial charge in [0.1, 0.15) is 16.5 Å². The van der Waals surface area contributed by atoms with Crippen LogP contribution >= 0.6 is 22.7 Å². The van der Waals surface area contributed by atoms with Crippen molar-refractivity contribution in [3.8, 4) is 5.75 Å². The number of benzene rings is 1. The second-order valence-corrected chi connectivity index (χ2v) is 8.19. The molecule has 10 heteroatoms. The van der Waals surface area contributed by atoms with Crippen molar-refractivity contribution in [2.45, 2.75) is 0 Å². The first-order chi connectivity index (χ1) is 15.1. The number of hydrogen-bond donors (Lipinski definition) is 2. The lowest BCUT2D eigenvalue weighted by Crippen LogP contribution is -2.11. The number of hydrogen-bond acceptors (Lipinski definition) is 8. The molecule has 3 aromatic heterocycles. The van der Waals surface area contributed by atoms with Gasteiger partial charge in [0.2, 0.25) is 5.13 Å². The summed E-state index contributed by atoms with van der Waals surface area (Å²) in [6.07, 6.45) is 5.10. The molecule has 0 aliphatic carbocycles. The molecule has 8 nitrogen and oxygen atoms in total. The SMILES string of the molecule is COc1ccc(C(=O)Nc2ccc(C(=O)Nc3nnc(/C=C/c4ccco4)s3)s2)cc1. The predicted octanol–water partition coefficient (Wildman–Crippen LogP) is 4.88. The van der Waals surface area contributed by atoms with Crippen LogP contribution in [0.4, 0.5) is 10.1 Å². The average molecular weight is 453 g/mol. The second-order valence-electron chi connectivity index (χ2n) is 6.09. The molecule has 0 atom stereocenters. The molecule has 0 fully saturated rings. The summed E-state index contributed by atoms with van der Waals surface area (Å²) in [5.74, 6) is 0.771. The normalized spacial score (nSPS) is 10.9. The van der Waals surface area contributed by atoms with E-state index < -0.39 is 0 Å². The fourth-order valence-corrected chi connectivity index (χ4v) is 3.94. The van der Waals surface area contributed by atoms with Gasteiger partial charge < -0.3 is 14.5 Å². The first kappa shape index (κ1) is 20.5. The van der Waals surface area contributed by atoms with Gasteiger partial charge in [0.05, 0.1) is 23.3 Å². The van der Waals surface area contributed by atoms with Gasteiger partial charge in [0, 0.05) is 5.56 Å². The van der Waals surface area contributed by atoms with Crippen molar-refractivity contribution < 1.29 is 18.7 Å². The number of nitrogens with zero attached hydrogens (tertiary/aromatic N) is 2. The van der Waals surface area contributed by atoms with E-state index in [0.29, 0.717) is 37.1 Å². The van der Waals surface area contributed by atoms with Crippen LogP contribution in [-0.4, -0.2) is 29.1 Å². The van der Waals surface area contributed by atoms with Gasteiger partial charge in [0.25, 0.3) is 11.8 Å². The van der Waals surface area contributed by atoms with Crippen LogP contribution < -0.4 is 15.4 Å². The number of methoxy groups -OCH3 is 1. The number of carbonyl (C=O) groups is 2. The van der Waals surface area contributed by atoms with Crippen LogP contribution in [-0.2, 0) is 0 Å². The second kappa shape index (κ2) is 9.37. The molecule has 0 saturated carbocycles. The minimum atomic E-state index is -0.326. The molecule has 0 unspecified atom stereocenters. The third-order valence-electron chi connectivity index (χ3n) is 4.01. The number of anilines is 2. The Hall–Kier alpha value is -3.76. The number of rotatable bonds is 7. The van der Waals surface area contributed by atoms with Crippen molar-refractivity contribution in [2.24, 2.45) is 0 Å². The molecule has 3 heterocycles. The smallest absolute Gasteiger partial charge is 0.267 e. The van der Waals surface area contributed by atoms with E-state index >= 15 is 0 Å². The molecule has 0 spiro atoms. The van der Waals surface area contributed by atoms with E-state index in [0.717, 1.165) is 0 Å². The minimum absolute atomic E-state index is 0.270. The summed E-state index contributed by atoms with van der Waals surface area (Å²) in [6.45, 7) is 0. The number of thiophene rings is 1. The molecule has 0 aliphatic rings. The summed E-state index contributed by atoms with van der Waals surface area (Å²) in [5.41, 5.74) is 0.490. The maximum atomic E-state index is 12.5. The van der Waals surface area contributed by atoms with Gasteiger partial charge in [-0.3, -0.25) is 14.9 Å². The molecule has 0 radical (unpaired) electrons. The van der Waals surface area contributed by atoms with Crippen molar-refractivity contribution >= 4 is 56.8 Å². The monoisotopic (exact) mass is 452 g/mol. The number of ether oxygens (including phenoxy) is 1. The fraction of sp³-hybridized carbons (Fsp3) is 0.0476. The Balaban J connectivity index is 1.35. The summed E-state index contributed by atoms with van der Waals surface area (Å²) < 4.78 is 10.3. The van der Waals surface area contributed by atoms with Crippen LogP contribution in [0.1, 0.15) is 30.8 Å². The standard InChI is InChI=1S/C21H16N4O4S2/c1-28-14-6-4-13(5-7-14)19(26)22-17-11-9-16(30-17)20(27)23-21-25-24-18(31-21)10-8-15-3-2-12-29-15/h2-12H,1H3,(H,22,26)(H,23,25,27)/b10-8+. The van der Waals surface area contributed by atoms with Gasteiger partial charge in [-0.2, -0.15) is 0 Å². The van der Waals surface area contributed by atoms with Crippen LogP contribution in [0.5, 0.6) is 5.75 Å². The van der Waals surface area contributed by atoms with Crippen molar-refractivity contribution in [1.29, 1.82) is 0 Å². The number of nitrogens with one attached hydrogen (secondary N) is 2. The molecule has 0 bridgehead atoms. The summed E-state index contributed by atoms with van der Waals surface area (Å²) >= 11 is 2.41. The Morgan fingerprint density at radius 2 is 1.81 bits per heavy atom. The Labute approximate surface area is 185 Å². The van der Waals surface area contributed by atoms with Crippen molar-refractivity contribution in [2.75, 3.05) is 17.7 Å². The van der Waals surface area contributed by atoms with E-state index in [1.54, 1.807) is 68.0 Å². The maximum absolute atomic E-state index is 12.5. The molecular weight excluding hydrogens is 436 g/mol. The van der Waals surface area contributed by atoms with E-state index in [9.17, 15) is 9.59 Å². The molecule has 156 valence electrons. The topological polar surface area (TPSA) is 106 Å². The van der Waals surface area contributed by atoms with Gasteiger partial charge in [-0.05, 0) is 60.7 Å². The van der Waals surface area contributed by atoms with Crippen molar-refractivity contribution in [3.63, 3.8) is 0 Å². The minimum Gasteiger partial charge on any atom is -0.497 e. The first-order valence-electron chi connectivity index (χ1n) is 9.02. The highest BCUT2D eigenvalue weighted by Gasteiger charge is 2.14. The molecule has 4 aromatic rings. The Morgan fingerprint density at radius 1 is 0.968 bits per heavy atom. The van der Waals surface area contributed by atoms with Gasteiger partial charge in [-0.1, -0.05) is 11.3 Å². The molecule has 4 rings (SSSR count). The quantitative estimate of drug-likeness (QED) is 0.414. The van der Waals surface area contributed by atoms with Gasteiger partial charge in [-0.25, -0.2) is 0 Å². The molecule has 0 aliphatic heterocycles. The van der Waals surface area contributed by atoms with Crippen LogP contribution in [0.2, 0.25) is 0 Å². The highest BCUT2D eigenvalue weighted by atomic mass is 32.1. The predicted molar refractivity (Wildman–Crippen MR) is 121 cm³/mol. The molecule has 2 N–H and O–H groups in total. The van der Waals surface area contributed by atoms with Gasteiger partial charge >= 0.3 is 0 Å². The average Bonchev–Trinajstić information content (AvgIpc) is 3.54. The third kappa shape index (κ3) is 5.24. The maximum Gasteiger partial charge on any atom is 0.267 e. The number of furan rings is 1. The number of aromatic nitrogens is 2. The first-order valence-corrected chi connectivity index (χ1v) is 10.7. The summed E-state index contributed by atoms with van der Waals surface area (Å²) in [4.78, 5) is 25.3. The van der Waals surface area contributed by atoms with E-state index in [4.69, 9.17) is 9.15 Å². The van der Waals surface area contributed by atoms with E-state index in [-0.39, 0.29) is 11.8 Å². The molecule has 1 aromatic carbocycles.